The number of methoxy groups -OCH3 is 3. The maximum Gasteiger partial charge on any atom is 0.278 e. The van der Waals surface area contributed by atoms with E-state index in [4.69, 9.17) is 14.2 Å². The summed E-state index contributed by atoms with van der Waals surface area (Å²) in [6.07, 6.45) is 0. The fourth-order valence-electron chi connectivity index (χ4n) is 3.41. The number of carbonyl (C=O) groups excluding carboxylic acids is 1. The lowest BCUT2D eigenvalue weighted by Crippen LogP contribution is -2.18. The van der Waals surface area contributed by atoms with Crippen molar-refractivity contribution in [1.82, 2.24) is 19.8 Å². The molecule has 2 aromatic carbocycles. The fourth-order valence-corrected chi connectivity index (χ4v) is 3.41. The zero-order chi connectivity index (χ0) is 22.7. The molecule has 9 heteroatoms. The number of rotatable bonds is 7. The molecule has 1 amide bonds. The predicted molar refractivity (Wildman–Crippen MR) is 119 cm³/mol. The van der Waals surface area contributed by atoms with Crippen LogP contribution in [0.1, 0.15) is 21.9 Å². The minimum absolute atomic E-state index is 0.182. The lowest BCUT2D eigenvalue weighted by molar-refractivity contribution is 0.102. The van der Waals surface area contributed by atoms with E-state index in [-0.39, 0.29) is 18.2 Å². The molecule has 164 valence electrons. The maximum absolute atomic E-state index is 12.9. The number of hydrogen-bond donors (Lipinski definition) is 1. The van der Waals surface area contributed by atoms with Gasteiger partial charge in [-0.05, 0) is 48.9 Å². The van der Waals surface area contributed by atoms with Crippen molar-refractivity contribution in [3.63, 3.8) is 0 Å². The summed E-state index contributed by atoms with van der Waals surface area (Å²) in [6.45, 7) is 2.07. The predicted octanol–water partition coefficient (Wildman–Crippen LogP) is 3.52. The number of aromatic nitrogens is 4. The van der Waals surface area contributed by atoms with Crippen LogP contribution < -0.4 is 14.8 Å². The second-order valence-electron chi connectivity index (χ2n) is 7.04. The molecule has 2 aromatic heterocycles. The molecule has 0 bridgehead atoms. The van der Waals surface area contributed by atoms with E-state index in [0.29, 0.717) is 28.5 Å². The molecule has 0 fully saturated rings. The third-order valence-corrected chi connectivity index (χ3v) is 5.06. The van der Waals surface area contributed by atoms with Crippen molar-refractivity contribution < 1.29 is 19.0 Å². The Morgan fingerprint density at radius 2 is 1.56 bits per heavy atom. The summed E-state index contributed by atoms with van der Waals surface area (Å²) in [5.41, 5.74) is 4.31. The van der Waals surface area contributed by atoms with E-state index in [1.54, 1.807) is 57.0 Å². The van der Waals surface area contributed by atoms with Crippen LogP contribution in [0.4, 0.5) is 5.69 Å². The van der Waals surface area contributed by atoms with Gasteiger partial charge in [0.2, 0.25) is 0 Å². The van der Waals surface area contributed by atoms with Crippen LogP contribution in [0, 0.1) is 6.92 Å². The summed E-state index contributed by atoms with van der Waals surface area (Å²) >= 11 is 0. The first-order valence-electron chi connectivity index (χ1n) is 9.89. The van der Waals surface area contributed by atoms with Crippen molar-refractivity contribution in [3.8, 4) is 22.6 Å². The normalized spacial score (nSPS) is 10.9. The Morgan fingerprint density at radius 3 is 2.16 bits per heavy atom. The standard InChI is InChI=1S/C23H23N5O4/c1-14-21(23(29)24-16-7-11-18(32-4)12-8-16)25-26-22-20(19(13-30-2)27-28(14)22)15-5-9-17(31-3)10-6-15/h5-12H,13H2,1-4H3,(H,24,29). The molecule has 0 aliphatic heterocycles. The summed E-state index contributed by atoms with van der Waals surface area (Å²) in [5, 5.41) is 16.0. The highest BCUT2D eigenvalue weighted by atomic mass is 16.5. The summed E-state index contributed by atoms with van der Waals surface area (Å²) < 4.78 is 17.4. The van der Waals surface area contributed by atoms with Gasteiger partial charge in [-0.3, -0.25) is 4.79 Å². The van der Waals surface area contributed by atoms with E-state index in [0.717, 1.165) is 16.9 Å². The smallest absolute Gasteiger partial charge is 0.278 e. The van der Waals surface area contributed by atoms with Crippen LogP contribution >= 0.6 is 0 Å². The third-order valence-electron chi connectivity index (χ3n) is 5.06. The third kappa shape index (κ3) is 3.97. The van der Waals surface area contributed by atoms with Crippen LogP contribution in [0.3, 0.4) is 0 Å². The SMILES string of the molecule is COCc1nn2c(C)c(C(=O)Nc3ccc(OC)cc3)nnc2c1-c1ccc(OC)cc1. The van der Waals surface area contributed by atoms with Gasteiger partial charge in [0.05, 0.1) is 37.8 Å². The van der Waals surface area contributed by atoms with Gasteiger partial charge in [-0.15, -0.1) is 10.2 Å². The number of hydrogen-bond acceptors (Lipinski definition) is 7. The number of anilines is 1. The van der Waals surface area contributed by atoms with Gasteiger partial charge >= 0.3 is 0 Å². The number of aryl methyl sites for hydroxylation is 1. The number of nitrogens with zero attached hydrogens (tertiary/aromatic N) is 4. The second kappa shape index (κ2) is 9.03. The van der Waals surface area contributed by atoms with Gasteiger partial charge in [-0.2, -0.15) is 5.10 Å². The molecule has 32 heavy (non-hydrogen) atoms. The number of nitrogens with one attached hydrogen (secondary N) is 1. The number of ether oxygens (including phenoxy) is 3. The largest absolute Gasteiger partial charge is 0.497 e. The molecule has 0 radical (unpaired) electrons. The van der Waals surface area contributed by atoms with E-state index in [1.807, 2.05) is 24.3 Å². The Morgan fingerprint density at radius 1 is 0.938 bits per heavy atom. The summed E-state index contributed by atoms with van der Waals surface area (Å²) in [4.78, 5) is 12.9. The second-order valence-corrected chi connectivity index (χ2v) is 7.04. The summed E-state index contributed by atoms with van der Waals surface area (Å²) in [7, 11) is 4.81. The van der Waals surface area contributed by atoms with Crippen molar-refractivity contribution in [2.45, 2.75) is 13.5 Å². The minimum Gasteiger partial charge on any atom is -0.497 e. The van der Waals surface area contributed by atoms with E-state index in [1.165, 1.54) is 0 Å². The highest BCUT2D eigenvalue weighted by Gasteiger charge is 2.22. The van der Waals surface area contributed by atoms with Gasteiger partial charge in [0.15, 0.2) is 11.3 Å². The number of amides is 1. The van der Waals surface area contributed by atoms with Gasteiger partial charge in [-0.25, -0.2) is 4.52 Å². The lowest BCUT2D eigenvalue weighted by Gasteiger charge is -2.08. The van der Waals surface area contributed by atoms with Crippen molar-refractivity contribution in [2.24, 2.45) is 0 Å². The lowest BCUT2D eigenvalue weighted by atomic mass is 10.1. The molecule has 0 aliphatic carbocycles. The molecule has 2 heterocycles. The van der Waals surface area contributed by atoms with Crippen LogP contribution in [0.5, 0.6) is 11.5 Å². The molecule has 0 spiro atoms. The Kier molecular flexibility index (Phi) is 6.00. The number of benzene rings is 2. The van der Waals surface area contributed by atoms with Crippen molar-refractivity contribution in [1.29, 1.82) is 0 Å². The highest BCUT2D eigenvalue weighted by molar-refractivity contribution is 6.03. The molecule has 0 atom stereocenters. The molecule has 9 nitrogen and oxygen atoms in total. The van der Waals surface area contributed by atoms with Crippen molar-refractivity contribution in [3.05, 3.63) is 65.6 Å². The first-order chi connectivity index (χ1) is 15.5. The Labute approximate surface area is 185 Å². The highest BCUT2D eigenvalue weighted by Crippen LogP contribution is 2.30. The molecule has 1 N–H and O–H groups in total. The van der Waals surface area contributed by atoms with E-state index < -0.39 is 0 Å². The molecule has 0 saturated heterocycles. The number of carbonyl (C=O) groups is 1. The van der Waals surface area contributed by atoms with Crippen LogP contribution in [0.25, 0.3) is 16.8 Å². The molecule has 0 saturated carbocycles. The quantitative estimate of drug-likeness (QED) is 0.476. The monoisotopic (exact) mass is 433 g/mol. The molecule has 4 aromatic rings. The topological polar surface area (TPSA) is 99.9 Å². The van der Waals surface area contributed by atoms with E-state index in [9.17, 15) is 4.79 Å². The minimum atomic E-state index is -0.378. The Balaban J connectivity index is 1.73. The van der Waals surface area contributed by atoms with Gasteiger partial charge in [0, 0.05) is 12.8 Å². The van der Waals surface area contributed by atoms with E-state index in [2.05, 4.69) is 20.6 Å². The molecular weight excluding hydrogens is 410 g/mol. The van der Waals surface area contributed by atoms with Gasteiger partial charge in [0.25, 0.3) is 5.91 Å². The Bertz CT molecular complexity index is 1250. The zero-order valence-electron chi connectivity index (χ0n) is 18.2. The fraction of sp³-hybridized carbons (Fsp3) is 0.217. The molecular formula is C23H23N5O4. The first-order valence-corrected chi connectivity index (χ1v) is 9.89. The average molecular weight is 433 g/mol. The van der Waals surface area contributed by atoms with Crippen molar-refractivity contribution >= 4 is 17.2 Å². The van der Waals surface area contributed by atoms with Gasteiger partial charge in [-0.1, -0.05) is 12.1 Å². The van der Waals surface area contributed by atoms with Crippen LogP contribution in [0.2, 0.25) is 0 Å². The van der Waals surface area contributed by atoms with Gasteiger partial charge < -0.3 is 19.5 Å². The molecule has 0 aliphatic rings. The summed E-state index contributed by atoms with van der Waals surface area (Å²) in [5.74, 6) is 1.07. The van der Waals surface area contributed by atoms with Crippen molar-refractivity contribution in [2.75, 3.05) is 26.6 Å². The maximum atomic E-state index is 12.9. The molecule has 4 rings (SSSR count). The Hall–Kier alpha value is -3.98. The van der Waals surface area contributed by atoms with Gasteiger partial charge in [0.1, 0.15) is 11.5 Å². The van der Waals surface area contributed by atoms with Crippen LogP contribution in [-0.2, 0) is 11.3 Å². The summed E-state index contributed by atoms with van der Waals surface area (Å²) in [6, 6.07) is 14.6. The van der Waals surface area contributed by atoms with Crippen LogP contribution in [0.15, 0.2) is 48.5 Å². The van der Waals surface area contributed by atoms with Crippen LogP contribution in [-0.4, -0.2) is 47.0 Å². The first kappa shape index (κ1) is 21.3. The zero-order valence-corrected chi connectivity index (χ0v) is 18.2. The number of fused-ring (bicyclic) bond motifs is 1. The van der Waals surface area contributed by atoms with E-state index >= 15 is 0 Å². The average Bonchev–Trinajstić information content (AvgIpc) is 3.19. The molecule has 0 unspecified atom stereocenters.